The monoisotopic (exact) mass is 261 g/mol. The van der Waals surface area contributed by atoms with E-state index < -0.39 is 0 Å². The minimum absolute atomic E-state index is 0.166. The van der Waals surface area contributed by atoms with Crippen LogP contribution >= 0.6 is 28.1 Å². The van der Waals surface area contributed by atoms with Gasteiger partial charge in [0, 0.05) is 6.20 Å². The lowest BCUT2D eigenvalue weighted by Crippen LogP contribution is -2.38. The number of nitrogens with two attached hydrogens (primary N) is 1. The zero-order chi connectivity index (χ0) is 9.84. The first-order valence-corrected chi connectivity index (χ1v) is 4.60. The predicted octanol–water partition coefficient (Wildman–Crippen LogP) is 1.46. The van der Waals surface area contributed by atoms with Crippen LogP contribution in [0.15, 0.2) is 22.8 Å². The van der Waals surface area contributed by atoms with Crippen LogP contribution in [0.1, 0.15) is 0 Å². The number of pyridine rings is 1. The number of hydrazine groups is 1. The zero-order valence-corrected chi connectivity index (χ0v) is 9.30. The van der Waals surface area contributed by atoms with Gasteiger partial charge in [0.2, 0.25) is 0 Å². The number of thiocarbonyl (C=S) groups is 1. The van der Waals surface area contributed by atoms with Crippen LogP contribution < -0.4 is 10.9 Å². The molecule has 4 nitrogen and oxygen atoms in total. The molecular weight excluding hydrogens is 254 g/mol. The van der Waals surface area contributed by atoms with Crippen molar-refractivity contribution < 1.29 is 4.74 Å². The summed E-state index contributed by atoms with van der Waals surface area (Å²) in [6.45, 7) is 0. The van der Waals surface area contributed by atoms with Crippen molar-refractivity contribution in [2.75, 3.05) is 12.1 Å². The Bertz CT molecular complexity index is 320. The van der Waals surface area contributed by atoms with E-state index in [1.807, 2.05) is 6.07 Å². The molecule has 0 aliphatic heterocycles. The van der Waals surface area contributed by atoms with Crippen molar-refractivity contribution in [3.8, 4) is 0 Å². The van der Waals surface area contributed by atoms with Crippen LogP contribution in [-0.4, -0.2) is 17.3 Å². The molecule has 6 heteroatoms. The summed E-state index contributed by atoms with van der Waals surface area (Å²) in [4.78, 5) is 4.03. The fourth-order valence-electron chi connectivity index (χ4n) is 0.739. The third kappa shape index (κ3) is 2.36. The van der Waals surface area contributed by atoms with Gasteiger partial charge in [-0.1, -0.05) is 0 Å². The molecule has 13 heavy (non-hydrogen) atoms. The molecule has 0 atom stereocenters. The molecule has 0 bridgehead atoms. The number of hydrogen-bond acceptors (Lipinski definition) is 4. The van der Waals surface area contributed by atoms with Crippen molar-refractivity contribution in [3.05, 3.63) is 22.8 Å². The maximum atomic E-state index is 5.62. The molecule has 0 aliphatic rings. The van der Waals surface area contributed by atoms with Gasteiger partial charge in [-0.3, -0.25) is 0 Å². The molecule has 0 amide bonds. The van der Waals surface area contributed by atoms with Gasteiger partial charge in [-0.15, -0.1) is 0 Å². The molecule has 0 aliphatic carbocycles. The van der Waals surface area contributed by atoms with E-state index in [-0.39, 0.29) is 5.17 Å². The molecule has 0 saturated heterocycles. The van der Waals surface area contributed by atoms with Crippen LogP contribution in [0, 0.1) is 0 Å². The Balaban J connectivity index is 2.95. The largest absolute Gasteiger partial charge is 0.473 e. The SMILES string of the molecule is COC(=S)N(N)c1ncccc1Br. The topological polar surface area (TPSA) is 51.4 Å². The maximum Gasteiger partial charge on any atom is 0.279 e. The van der Waals surface area contributed by atoms with E-state index in [2.05, 4.69) is 20.9 Å². The molecule has 0 radical (unpaired) electrons. The minimum Gasteiger partial charge on any atom is -0.473 e. The van der Waals surface area contributed by atoms with E-state index in [9.17, 15) is 0 Å². The highest BCUT2D eigenvalue weighted by Gasteiger charge is 2.11. The summed E-state index contributed by atoms with van der Waals surface area (Å²) < 4.78 is 5.55. The fraction of sp³-hybridized carbons (Fsp3) is 0.143. The first-order valence-electron chi connectivity index (χ1n) is 3.40. The van der Waals surface area contributed by atoms with Gasteiger partial charge >= 0.3 is 0 Å². The van der Waals surface area contributed by atoms with E-state index in [4.69, 9.17) is 22.8 Å². The zero-order valence-electron chi connectivity index (χ0n) is 6.90. The summed E-state index contributed by atoms with van der Waals surface area (Å²) in [6.07, 6.45) is 1.62. The van der Waals surface area contributed by atoms with Crippen molar-refractivity contribution in [3.63, 3.8) is 0 Å². The molecule has 2 N–H and O–H groups in total. The number of hydrogen-bond donors (Lipinski definition) is 1. The lowest BCUT2D eigenvalue weighted by Gasteiger charge is -2.17. The standard InChI is InChI=1S/C7H8BrN3OS/c1-12-7(13)11(9)6-5(8)3-2-4-10-6/h2-4H,9H2,1H3. The number of ether oxygens (including phenoxy) is 1. The highest BCUT2D eigenvalue weighted by atomic mass is 79.9. The summed E-state index contributed by atoms with van der Waals surface area (Å²) in [5.41, 5.74) is 0. The Morgan fingerprint density at radius 3 is 3.00 bits per heavy atom. The summed E-state index contributed by atoms with van der Waals surface area (Å²) in [5.74, 6) is 6.15. The Hall–Kier alpha value is -0.720. The van der Waals surface area contributed by atoms with Crippen LogP contribution in [0.4, 0.5) is 5.82 Å². The van der Waals surface area contributed by atoms with Crippen molar-refractivity contribution in [1.82, 2.24) is 4.98 Å². The first-order chi connectivity index (χ1) is 6.16. The Morgan fingerprint density at radius 2 is 2.46 bits per heavy atom. The van der Waals surface area contributed by atoms with Gasteiger partial charge in [-0.2, -0.15) is 0 Å². The van der Waals surface area contributed by atoms with Crippen molar-refractivity contribution in [2.24, 2.45) is 5.84 Å². The number of nitrogens with zero attached hydrogens (tertiary/aromatic N) is 2. The molecule has 0 fully saturated rings. The van der Waals surface area contributed by atoms with Crippen LogP contribution in [0.5, 0.6) is 0 Å². The molecule has 70 valence electrons. The Kier molecular flexibility index (Phi) is 3.58. The smallest absolute Gasteiger partial charge is 0.279 e. The summed E-state index contributed by atoms with van der Waals surface area (Å²) in [6, 6.07) is 3.61. The molecule has 0 saturated carbocycles. The number of rotatable bonds is 1. The summed E-state index contributed by atoms with van der Waals surface area (Å²) in [7, 11) is 1.46. The van der Waals surface area contributed by atoms with E-state index in [0.717, 1.165) is 4.47 Å². The molecule has 1 aromatic rings. The Labute approximate surface area is 89.8 Å². The second-order valence-electron chi connectivity index (χ2n) is 2.15. The van der Waals surface area contributed by atoms with Gasteiger partial charge < -0.3 is 4.74 Å². The first kappa shape index (κ1) is 10.4. The number of anilines is 1. The lowest BCUT2D eigenvalue weighted by molar-refractivity contribution is 0.403. The minimum atomic E-state index is 0.166. The summed E-state index contributed by atoms with van der Waals surface area (Å²) in [5, 5.41) is 1.36. The second kappa shape index (κ2) is 4.50. The van der Waals surface area contributed by atoms with Crippen molar-refractivity contribution >= 4 is 39.1 Å². The average molecular weight is 262 g/mol. The number of methoxy groups -OCH3 is 1. The van der Waals surface area contributed by atoms with Crippen LogP contribution in [-0.2, 0) is 4.74 Å². The lowest BCUT2D eigenvalue weighted by atomic mass is 10.4. The number of halogens is 1. The maximum absolute atomic E-state index is 5.62. The molecule has 1 heterocycles. The summed E-state index contributed by atoms with van der Waals surface area (Å²) >= 11 is 8.13. The van der Waals surface area contributed by atoms with Gasteiger partial charge in [-0.25, -0.2) is 15.8 Å². The third-order valence-corrected chi connectivity index (χ3v) is 2.32. The van der Waals surface area contributed by atoms with Crippen LogP contribution in [0.3, 0.4) is 0 Å². The van der Waals surface area contributed by atoms with Gasteiger partial charge in [0.25, 0.3) is 5.17 Å². The van der Waals surface area contributed by atoms with E-state index in [1.54, 1.807) is 12.3 Å². The molecule has 1 aromatic heterocycles. The predicted molar refractivity (Wildman–Crippen MR) is 58.2 cm³/mol. The Morgan fingerprint density at radius 1 is 1.77 bits per heavy atom. The second-order valence-corrected chi connectivity index (χ2v) is 3.35. The van der Waals surface area contributed by atoms with Gasteiger partial charge in [0.05, 0.1) is 11.6 Å². The highest BCUT2D eigenvalue weighted by molar-refractivity contribution is 9.10. The van der Waals surface area contributed by atoms with Gasteiger partial charge in [0.15, 0.2) is 5.82 Å². The molecule has 0 aromatic carbocycles. The quantitative estimate of drug-likeness (QED) is 0.471. The third-order valence-electron chi connectivity index (χ3n) is 1.34. The molecular formula is C7H8BrN3OS. The normalized spacial score (nSPS) is 9.46. The van der Waals surface area contributed by atoms with Crippen LogP contribution in [0.2, 0.25) is 0 Å². The molecule has 0 spiro atoms. The van der Waals surface area contributed by atoms with Gasteiger partial charge in [0.1, 0.15) is 0 Å². The van der Waals surface area contributed by atoms with E-state index in [0.29, 0.717) is 5.82 Å². The van der Waals surface area contributed by atoms with E-state index >= 15 is 0 Å². The van der Waals surface area contributed by atoms with Crippen molar-refractivity contribution in [2.45, 2.75) is 0 Å². The average Bonchev–Trinajstić information content (AvgIpc) is 2.16. The molecule has 1 rings (SSSR count). The highest BCUT2D eigenvalue weighted by Crippen LogP contribution is 2.20. The fourth-order valence-corrected chi connectivity index (χ4v) is 1.27. The number of aromatic nitrogens is 1. The van der Waals surface area contributed by atoms with E-state index in [1.165, 1.54) is 12.1 Å². The van der Waals surface area contributed by atoms with Crippen molar-refractivity contribution in [1.29, 1.82) is 0 Å². The molecule has 0 unspecified atom stereocenters. The van der Waals surface area contributed by atoms with Crippen LogP contribution in [0.25, 0.3) is 0 Å². The van der Waals surface area contributed by atoms with Gasteiger partial charge in [-0.05, 0) is 40.3 Å².